The molecule has 0 atom stereocenters. The number of sulfone groups is 1. The van der Waals surface area contributed by atoms with Crippen molar-refractivity contribution in [1.29, 1.82) is 0 Å². The minimum Gasteiger partial charge on any atom is -0.324 e. The molecule has 0 saturated heterocycles. The largest absolute Gasteiger partial charge is 0.324 e. The third-order valence-corrected chi connectivity index (χ3v) is 5.75. The van der Waals surface area contributed by atoms with Crippen LogP contribution in [0.4, 0.5) is 5.82 Å². The Balaban J connectivity index is 2.31. The molecule has 0 aliphatic rings. The number of hydrogen-bond acceptors (Lipinski definition) is 6. The van der Waals surface area contributed by atoms with Crippen molar-refractivity contribution >= 4 is 32.6 Å². The van der Waals surface area contributed by atoms with E-state index in [0.717, 1.165) is 11.2 Å². The van der Waals surface area contributed by atoms with Crippen molar-refractivity contribution in [1.82, 2.24) is 19.5 Å². The third kappa shape index (κ3) is 3.17. The van der Waals surface area contributed by atoms with Gasteiger partial charge in [0, 0.05) is 19.7 Å². The highest BCUT2D eigenvalue weighted by atomic mass is 32.2. The molecule has 3 rings (SSSR count). The molecule has 0 saturated carbocycles. The second-order valence-electron chi connectivity index (χ2n) is 5.94. The van der Waals surface area contributed by atoms with Gasteiger partial charge in [0.05, 0.1) is 27.9 Å². The SMILES string of the molecule is CCS(=O)(=O)c1ccc(NC(C)=O)nc1-c1nc2cc(C)ncc2n1C. The topological polar surface area (TPSA) is 107 Å². The molecule has 1 amide bonds. The molecule has 0 aliphatic carbocycles. The Kier molecular flexibility index (Phi) is 4.49. The van der Waals surface area contributed by atoms with Gasteiger partial charge in [0.1, 0.15) is 11.5 Å². The fourth-order valence-electron chi connectivity index (χ4n) is 2.66. The standard InChI is InChI=1S/C17H19N5O3S/c1-5-26(24,25)14-6-7-15(19-11(3)23)21-16(14)17-20-12-8-10(2)18-9-13(12)22(17)4/h6-9H,5H2,1-4H3,(H,19,21,23). The molecule has 0 fully saturated rings. The number of nitrogens with one attached hydrogen (secondary N) is 1. The van der Waals surface area contributed by atoms with Crippen LogP contribution in [0.5, 0.6) is 0 Å². The molecule has 0 aromatic carbocycles. The summed E-state index contributed by atoms with van der Waals surface area (Å²) in [6.07, 6.45) is 1.69. The number of carbonyl (C=O) groups is 1. The molecular weight excluding hydrogens is 354 g/mol. The van der Waals surface area contributed by atoms with Crippen molar-refractivity contribution in [3.63, 3.8) is 0 Å². The Hall–Kier alpha value is -2.81. The number of aromatic nitrogens is 4. The van der Waals surface area contributed by atoms with E-state index in [4.69, 9.17) is 0 Å². The zero-order valence-electron chi connectivity index (χ0n) is 14.9. The summed E-state index contributed by atoms with van der Waals surface area (Å²) in [5, 5.41) is 2.58. The van der Waals surface area contributed by atoms with Crippen molar-refractivity contribution in [3.8, 4) is 11.5 Å². The smallest absolute Gasteiger partial charge is 0.222 e. The Bertz CT molecular complexity index is 1120. The number of nitrogens with zero attached hydrogens (tertiary/aromatic N) is 4. The molecule has 0 spiro atoms. The average molecular weight is 373 g/mol. The Morgan fingerprint density at radius 1 is 1.27 bits per heavy atom. The van der Waals surface area contributed by atoms with Crippen LogP contribution in [-0.4, -0.2) is 39.6 Å². The van der Waals surface area contributed by atoms with Gasteiger partial charge in [-0.05, 0) is 25.1 Å². The summed E-state index contributed by atoms with van der Waals surface area (Å²) >= 11 is 0. The van der Waals surface area contributed by atoms with E-state index in [2.05, 4.69) is 20.3 Å². The fourth-order valence-corrected chi connectivity index (χ4v) is 3.68. The van der Waals surface area contributed by atoms with Crippen LogP contribution in [-0.2, 0) is 21.7 Å². The number of rotatable bonds is 4. The van der Waals surface area contributed by atoms with Gasteiger partial charge in [-0.25, -0.2) is 18.4 Å². The maximum Gasteiger partial charge on any atom is 0.222 e. The van der Waals surface area contributed by atoms with Gasteiger partial charge in [-0.1, -0.05) is 6.92 Å². The number of anilines is 1. The molecule has 3 aromatic heterocycles. The molecule has 26 heavy (non-hydrogen) atoms. The van der Waals surface area contributed by atoms with Crippen LogP contribution >= 0.6 is 0 Å². The number of pyridine rings is 2. The molecule has 8 nitrogen and oxygen atoms in total. The van der Waals surface area contributed by atoms with Gasteiger partial charge in [-0.2, -0.15) is 0 Å². The number of imidazole rings is 1. The van der Waals surface area contributed by atoms with Crippen LogP contribution in [0.1, 0.15) is 19.5 Å². The molecule has 136 valence electrons. The van der Waals surface area contributed by atoms with Gasteiger partial charge in [-0.3, -0.25) is 9.78 Å². The van der Waals surface area contributed by atoms with Gasteiger partial charge < -0.3 is 9.88 Å². The maximum absolute atomic E-state index is 12.5. The van der Waals surface area contributed by atoms with E-state index in [1.165, 1.54) is 19.1 Å². The minimum atomic E-state index is -3.53. The molecule has 9 heteroatoms. The lowest BCUT2D eigenvalue weighted by Crippen LogP contribution is -2.12. The van der Waals surface area contributed by atoms with Crippen molar-refractivity contribution in [3.05, 3.63) is 30.1 Å². The van der Waals surface area contributed by atoms with E-state index < -0.39 is 9.84 Å². The van der Waals surface area contributed by atoms with Gasteiger partial charge in [0.25, 0.3) is 0 Å². The normalized spacial score (nSPS) is 11.7. The molecule has 0 unspecified atom stereocenters. The van der Waals surface area contributed by atoms with E-state index in [-0.39, 0.29) is 28.1 Å². The van der Waals surface area contributed by atoms with Crippen LogP contribution < -0.4 is 5.32 Å². The summed E-state index contributed by atoms with van der Waals surface area (Å²) in [7, 11) is -1.75. The zero-order chi connectivity index (χ0) is 19.1. The first-order valence-corrected chi connectivity index (χ1v) is 9.69. The quantitative estimate of drug-likeness (QED) is 0.750. The van der Waals surface area contributed by atoms with E-state index in [0.29, 0.717) is 11.3 Å². The van der Waals surface area contributed by atoms with Crippen LogP contribution in [0.15, 0.2) is 29.3 Å². The number of hydrogen-bond donors (Lipinski definition) is 1. The Labute approximate surface area is 151 Å². The number of amides is 1. The van der Waals surface area contributed by atoms with Crippen molar-refractivity contribution in [2.75, 3.05) is 11.1 Å². The second-order valence-corrected chi connectivity index (χ2v) is 8.18. The van der Waals surface area contributed by atoms with E-state index in [1.54, 1.807) is 24.7 Å². The third-order valence-electron chi connectivity index (χ3n) is 3.99. The Morgan fingerprint density at radius 2 is 2.00 bits per heavy atom. The highest BCUT2D eigenvalue weighted by Crippen LogP contribution is 2.29. The summed E-state index contributed by atoms with van der Waals surface area (Å²) < 4.78 is 26.8. The summed E-state index contributed by atoms with van der Waals surface area (Å²) in [6.45, 7) is 4.79. The molecule has 0 radical (unpaired) electrons. The van der Waals surface area contributed by atoms with Crippen molar-refractivity contribution in [2.45, 2.75) is 25.7 Å². The molecule has 3 aromatic rings. The highest BCUT2D eigenvalue weighted by molar-refractivity contribution is 7.91. The van der Waals surface area contributed by atoms with E-state index in [9.17, 15) is 13.2 Å². The van der Waals surface area contributed by atoms with Crippen LogP contribution in [0, 0.1) is 6.92 Å². The second kappa shape index (κ2) is 6.49. The summed E-state index contributed by atoms with van der Waals surface area (Å²) in [5.41, 5.74) is 2.47. The van der Waals surface area contributed by atoms with Crippen molar-refractivity contribution in [2.24, 2.45) is 7.05 Å². The predicted octanol–water partition coefficient (Wildman–Crippen LogP) is 2.09. The van der Waals surface area contributed by atoms with Gasteiger partial charge in [0.2, 0.25) is 5.91 Å². The zero-order valence-corrected chi connectivity index (χ0v) is 15.8. The number of carbonyl (C=O) groups excluding carboxylic acids is 1. The fraction of sp³-hybridized carbons (Fsp3) is 0.294. The first-order chi connectivity index (χ1) is 12.2. The Morgan fingerprint density at radius 3 is 2.65 bits per heavy atom. The van der Waals surface area contributed by atoms with Gasteiger partial charge in [-0.15, -0.1) is 0 Å². The number of fused-ring (bicyclic) bond motifs is 1. The maximum atomic E-state index is 12.5. The average Bonchev–Trinajstić information content (AvgIpc) is 2.90. The van der Waals surface area contributed by atoms with Crippen LogP contribution in [0.25, 0.3) is 22.6 Å². The first kappa shape index (κ1) is 18.0. The first-order valence-electron chi connectivity index (χ1n) is 8.03. The lowest BCUT2D eigenvalue weighted by molar-refractivity contribution is -0.114. The van der Waals surface area contributed by atoms with E-state index >= 15 is 0 Å². The lowest BCUT2D eigenvalue weighted by Gasteiger charge is -2.11. The summed E-state index contributed by atoms with van der Waals surface area (Å²) in [5.74, 6) is 0.307. The predicted molar refractivity (Wildman–Crippen MR) is 98.5 cm³/mol. The molecule has 0 bridgehead atoms. The minimum absolute atomic E-state index is 0.0637. The molecule has 1 N–H and O–H groups in total. The molecular formula is C17H19N5O3S. The summed E-state index contributed by atoms with van der Waals surface area (Å²) in [6, 6.07) is 4.75. The highest BCUT2D eigenvalue weighted by Gasteiger charge is 2.23. The van der Waals surface area contributed by atoms with Gasteiger partial charge >= 0.3 is 0 Å². The monoisotopic (exact) mass is 373 g/mol. The number of aryl methyl sites for hydroxylation is 2. The van der Waals surface area contributed by atoms with Crippen LogP contribution in [0.3, 0.4) is 0 Å². The van der Waals surface area contributed by atoms with Crippen molar-refractivity contribution < 1.29 is 13.2 Å². The molecule has 0 aliphatic heterocycles. The lowest BCUT2D eigenvalue weighted by atomic mass is 10.3. The van der Waals surface area contributed by atoms with Crippen LogP contribution in [0.2, 0.25) is 0 Å². The van der Waals surface area contributed by atoms with E-state index in [1.807, 2.05) is 13.0 Å². The van der Waals surface area contributed by atoms with Gasteiger partial charge in [0.15, 0.2) is 15.7 Å². The molecule has 3 heterocycles. The summed E-state index contributed by atoms with van der Waals surface area (Å²) in [4.78, 5) is 24.6.